The third-order valence-electron chi connectivity index (χ3n) is 4.27. The van der Waals surface area contributed by atoms with Gasteiger partial charge in [-0.3, -0.25) is 9.69 Å². The largest absolute Gasteiger partial charge is 0.395 e. The molecule has 1 aliphatic heterocycles. The van der Waals surface area contributed by atoms with Crippen molar-refractivity contribution in [2.75, 3.05) is 39.3 Å². The number of hydrogen-bond donors (Lipinski definition) is 1. The van der Waals surface area contributed by atoms with Crippen molar-refractivity contribution < 1.29 is 9.90 Å². The van der Waals surface area contributed by atoms with Gasteiger partial charge in [0.1, 0.15) is 0 Å². The number of carbonyl (C=O) groups excluding carboxylic acids is 1. The highest BCUT2D eigenvalue weighted by atomic mass is 16.3. The molecule has 2 aliphatic rings. The van der Waals surface area contributed by atoms with Crippen LogP contribution in [0, 0.1) is 5.92 Å². The smallest absolute Gasteiger partial charge is 0.225 e. The van der Waals surface area contributed by atoms with Gasteiger partial charge in [0.2, 0.25) is 5.91 Å². The van der Waals surface area contributed by atoms with E-state index in [1.165, 1.54) is 19.3 Å². The van der Waals surface area contributed by atoms with Gasteiger partial charge in [0, 0.05) is 32.1 Å². The van der Waals surface area contributed by atoms with Crippen molar-refractivity contribution in [3.05, 3.63) is 0 Å². The third-order valence-corrected chi connectivity index (χ3v) is 4.27. The maximum Gasteiger partial charge on any atom is 0.225 e. The Morgan fingerprint density at radius 1 is 1.00 bits per heavy atom. The van der Waals surface area contributed by atoms with Crippen LogP contribution in [0.4, 0.5) is 0 Å². The summed E-state index contributed by atoms with van der Waals surface area (Å²) in [5, 5.41) is 8.97. The van der Waals surface area contributed by atoms with Crippen LogP contribution in [0.3, 0.4) is 0 Å². The second-order valence-corrected chi connectivity index (χ2v) is 5.58. The number of rotatable bonds is 3. The average molecular weight is 254 g/mol. The first kappa shape index (κ1) is 13.8. The topological polar surface area (TPSA) is 43.8 Å². The average Bonchev–Trinajstić information content (AvgIpc) is 2.65. The van der Waals surface area contributed by atoms with E-state index in [9.17, 15) is 4.79 Å². The highest BCUT2D eigenvalue weighted by Crippen LogP contribution is 2.25. The molecule has 104 valence electrons. The zero-order valence-corrected chi connectivity index (χ0v) is 11.3. The van der Waals surface area contributed by atoms with Gasteiger partial charge in [-0.05, 0) is 25.8 Å². The van der Waals surface area contributed by atoms with E-state index in [1.54, 1.807) is 0 Å². The fourth-order valence-electron chi connectivity index (χ4n) is 3.16. The molecule has 0 unspecified atom stereocenters. The van der Waals surface area contributed by atoms with E-state index >= 15 is 0 Å². The lowest BCUT2D eigenvalue weighted by Crippen LogP contribution is -2.39. The molecule has 18 heavy (non-hydrogen) atoms. The summed E-state index contributed by atoms with van der Waals surface area (Å²) in [5.74, 6) is 0.684. The second kappa shape index (κ2) is 7.10. The zero-order valence-electron chi connectivity index (χ0n) is 11.3. The molecule has 1 heterocycles. The minimum Gasteiger partial charge on any atom is -0.395 e. The van der Waals surface area contributed by atoms with Crippen molar-refractivity contribution in [3.8, 4) is 0 Å². The molecule has 1 saturated carbocycles. The molecule has 1 N–H and O–H groups in total. The van der Waals surface area contributed by atoms with Crippen LogP contribution in [-0.2, 0) is 4.79 Å². The summed E-state index contributed by atoms with van der Waals surface area (Å²) in [6.45, 7) is 4.63. The standard InChI is InChI=1S/C14H26N2O2/c17-12-11-15-7-4-8-16(10-9-15)14(18)13-5-2-1-3-6-13/h13,17H,1-12H2. The van der Waals surface area contributed by atoms with Gasteiger partial charge in [0.05, 0.1) is 6.61 Å². The number of aliphatic hydroxyl groups excluding tert-OH is 1. The van der Waals surface area contributed by atoms with Gasteiger partial charge in [-0.15, -0.1) is 0 Å². The highest BCUT2D eigenvalue weighted by molar-refractivity contribution is 5.79. The summed E-state index contributed by atoms with van der Waals surface area (Å²) in [6.07, 6.45) is 6.97. The molecule has 4 nitrogen and oxygen atoms in total. The first-order valence-corrected chi connectivity index (χ1v) is 7.43. The molecule has 0 bridgehead atoms. The summed E-state index contributed by atoms with van der Waals surface area (Å²) in [7, 11) is 0. The van der Waals surface area contributed by atoms with Crippen molar-refractivity contribution in [1.29, 1.82) is 0 Å². The molecular weight excluding hydrogens is 228 g/mol. The maximum atomic E-state index is 12.4. The van der Waals surface area contributed by atoms with E-state index < -0.39 is 0 Å². The quantitative estimate of drug-likeness (QED) is 0.820. The molecule has 0 aromatic heterocycles. The van der Waals surface area contributed by atoms with Crippen molar-refractivity contribution in [1.82, 2.24) is 9.80 Å². The molecule has 1 saturated heterocycles. The lowest BCUT2D eigenvalue weighted by atomic mass is 9.88. The third kappa shape index (κ3) is 3.69. The molecule has 1 aliphatic carbocycles. The summed E-state index contributed by atoms with van der Waals surface area (Å²) >= 11 is 0. The van der Waals surface area contributed by atoms with Crippen LogP contribution in [0.5, 0.6) is 0 Å². The molecular formula is C14H26N2O2. The van der Waals surface area contributed by atoms with Crippen LogP contribution in [0.1, 0.15) is 38.5 Å². The van der Waals surface area contributed by atoms with Crippen LogP contribution >= 0.6 is 0 Å². The summed E-state index contributed by atoms with van der Waals surface area (Å²) < 4.78 is 0. The van der Waals surface area contributed by atoms with E-state index in [4.69, 9.17) is 5.11 Å². The summed E-state index contributed by atoms with van der Waals surface area (Å²) in [4.78, 5) is 16.7. The van der Waals surface area contributed by atoms with Crippen LogP contribution in [0.25, 0.3) is 0 Å². The Balaban J connectivity index is 1.82. The predicted octanol–water partition coefficient (Wildman–Crippen LogP) is 1.09. The molecule has 0 aromatic rings. The van der Waals surface area contributed by atoms with Crippen molar-refractivity contribution in [3.63, 3.8) is 0 Å². The van der Waals surface area contributed by atoms with Gasteiger partial charge < -0.3 is 10.0 Å². The van der Waals surface area contributed by atoms with Gasteiger partial charge in [0.15, 0.2) is 0 Å². The first-order chi connectivity index (χ1) is 8.81. The lowest BCUT2D eigenvalue weighted by Gasteiger charge is -2.28. The number of amides is 1. The van der Waals surface area contributed by atoms with Crippen molar-refractivity contribution in [2.45, 2.75) is 38.5 Å². The van der Waals surface area contributed by atoms with E-state index in [1.807, 2.05) is 0 Å². The molecule has 4 heteroatoms. The fourth-order valence-corrected chi connectivity index (χ4v) is 3.16. The zero-order chi connectivity index (χ0) is 12.8. The Hall–Kier alpha value is -0.610. The monoisotopic (exact) mass is 254 g/mol. The van der Waals surface area contributed by atoms with E-state index in [-0.39, 0.29) is 6.61 Å². The van der Waals surface area contributed by atoms with E-state index in [0.717, 1.165) is 52.0 Å². The van der Waals surface area contributed by atoms with Gasteiger partial charge in [-0.2, -0.15) is 0 Å². The molecule has 0 radical (unpaired) electrons. The molecule has 1 amide bonds. The summed E-state index contributed by atoms with van der Waals surface area (Å²) in [6, 6.07) is 0. The maximum absolute atomic E-state index is 12.4. The summed E-state index contributed by atoms with van der Waals surface area (Å²) in [5.41, 5.74) is 0. The minimum atomic E-state index is 0.219. The van der Waals surface area contributed by atoms with Crippen LogP contribution < -0.4 is 0 Å². The predicted molar refractivity (Wildman–Crippen MR) is 71.3 cm³/mol. The van der Waals surface area contributed by atoms with Crippen LogP contribution in [0.2, 0.25) is 0 Å². The molecule has 0 spiro atoms. The van der Waals surface area contributed by atoms with Crippen LogP contribution in [-0.4, -0.2) is 60.1 Å². The molecule has 0 atom stereocenters. The van der Waals surface area contributed by atoms with Crippen molar-refractivity contribution in [2.24, 2.45) is 5.92 Å². The van der Waals surface area contributed by atoms with E-state index in [2.05, 4.69) is 9.80 Å². The Morgan fingerprint density at radius 3 is 2.50 bits per heavy atom. The number of aliphatic hydroxyl groups is 1. The Labute approximate surface area is 110 Å². The number of hydrogen-bond acceptors (Lipinski definition) is 3. The number of nitrogens with zero attached hydrogens (tertiary/aromatic N) is 2. The van der Waals surface area contributed by atoms with E-state index in [0.29, 0.717) is 11.8 Å². The van der Waals surface area contributed by atoms with Crippen LogP contribution in [0.15, 0.2) is 0 Å². The Bertz CT molecular complexity index is 265. The number of β-amino-alcohol motifs (C(OH)–C–C–N with tert-alkyl or cyclic N) is 1. The van der Waals surface area contributed by atoms with Crippen molar-refractivity contribution >= 4 is 5.91 Å². The number of carbonyl (C=O) groups is 1. The second-order valence-electron chi connectivity index (χ2n) is 5.58. The minimum absolute atomic E-state index is 0.219. The van der Waals surface area contributed by atoms with Gasteiger partial charge in [-0.25, -0.2) is 0 Å². The Kier molecular flexibility index (Phi) is 5.45. The van der Waals surface area contributed by atoms with Gasteiger partial charge in [0.25, 0.3) is 0 Å². The highest BCUT2D eigenvalue weighted by Gasteiger charge is 2.27. The lowest BCUT2D eigenvalue weighted by molar-refractivity contribution is -0.136. The Morgan fingerprint density at radius 2 is 1.78 bits per heavy atom. The molecule has 0 aromatic carbocycles. The molecule has 2 rings (SSSR count). The fraction of sp³-hybridized carbons (Fsp3) is 0.929. The first-order valence-electron chi connectivity index (χ1n) is 7.43. The van der Waals surface area contributed by atoms with Gasteiger partial charge >= 0.3 is 0 Å². The molecule has 2 fully saturated rings. The normalized spacial score (nSPS) is 23.9. The SMILES string of the molecule is O=C(C1CCCCC1)N1CCCN(CCO)CC1. The van der Waals surface area contributed by atoms with Gasteiger partial charge in [-0.1, -0.05) is 19.3 Å².